The number of hydrogen-bond donors (Lipinski definition) is 2. The number of hydrogen-bond acceptors (Lipinski definition) is 3. The SMILES string of the molecule is Cn1ncc(C(=O)O)c1C(=O)NCc1ccc(F)cc1. The number of aromatic nitrogens is 2. The zero-order valence-electron chi connectivity index (χ0n) is 10.6. The number of benzene rings is 1. The summed E-state index contributed by atoms with van der Waals surface area (Å²) >= 11 is 0. The average Bonchev–Trinajstić information content (AvgIpc) is 2.80. The van der Waals surface area contributed by atoms with Crippen molar-refractivity contribution in [3.8, 4) is 0 Å². The van der Waals surface area contributed by atoms with Gasteiger partial charge in [0.25, 0.3) is 5.91 Å². The Morgan fingerprint density at radius 3 is 2.60 bits per heavy atom. The van der Waals surface area contributed by atoms with E-state index in [1.165, 1.54) is 36.0 Å². The molecule has 0 aliphatic carbocycles. The van der Waals surface area contributed by atoms with Gasteiger partial charge in [-0.1, -0.05) is 12.1 Å². The van der Waals surface area contributed by atoms with E-state index in [-0.39, 0.29) is 23.6 Å². The molecule has 2 aromatic rings. The van der Waals surface area contributed by atoms with Crippen LogP contribution in [-0.2, 0) is 13.6 Å². The molecule has 1 amide bonds. The van der Waals surface area contributed by atoms with Gasteiger partial charge in [0.1, 0.15) is 17.1 Å². The summed E-state index contributed by atoms with van der Waals surface area (Å²) < 4.78 is 13.9. The van der Waals surface area contributed by atoms with E-state index in [0.717, 1.165) is 6.20 Å². The molecule has 7 heteroatoms. The predicted octanol–water partition coefficient (Wildman–Crippen LogP) is 1.19. The topological polar surface area (TPSA) is 84.2 Å². The maximum atomic E-state index is 12.7. The molecule has 104 valence electrons. The number of nitrogens with one attached hydrogen (secondary N) is 1. The summed E-state index contributed by atoms with van der Waals surface area (Å²) in [6.07, 6.45) is 1.12. The lowest BCUT2D eigenvalue weighted by Crippen LogP contribution is -2.27. The molecule has 2 rings (SSSR count). The zero-order chi connectivity index (χ0) is 14.7. The van der Waals surface area contributed by atoms with Crippen molar-refractivity contribution >= 4 is 11.9 Å². The highest BCUT2D eigenvalue weighted by Crippen LogP contribution is 2.08. The first kappa shape index (κ1) is 13.7. The molecule has 6 nitrogen and oxygen atoms in total. The van der Waals surface area contributed by atoms with Crippen LogP contribution in [0.1, 0.15) is 26.4 Å². The van der Waals surface area contributed by atoms with E-state index in [1.54, 1.807) is 0 Å². The second-order valence-corrected chi connectivity index (χ2v) is 4.14. The minimum absolute atomic E-state index is 0.0281. The molecule has 0 radical (unpaired) electrons. The molecule has 0 saturated carbocycles. The van der Waals surface area contributed by atoms with Crippen molar-refractivity contribution in [3.05, 3.63) is 53.1 Å². The fourth-order valence-electron chi connectivity index (χ4n) is 1.73. The first-order chi connectivity index (χ1) is 9.49. The number of rotatable bonds is 4. The zero-order valence-corrected chi connectivity index (χ0v) is 10.6. The van der Waals surface area contributed by atoms with E-state index < -0.39 is 11.9 Å². The third kappa shape index (κ3) is 2.82. The smallest absolute Gasteiger partial charge is 0.339 e. The maximum Gasteiger partial charge on any atom is 0.339 e. The second kappa shape index (κ2) is 5.52. The van der Waals surface area contributed by atoms with Crippen molar-refractivity contribution in [2.45, 2.75) is 6.54 Å². The highest BCUT2D eigenvalue weighted by molar-refractivity contribution is 6.03. The molecule has 1 aromatic carbocycles. The summed E-state index contributed by atoms with van der Waals surface area (Å²) in [5, 5.41) is 15.3. The molecule has 20 heavy (non-hydrogen) atoms. The van der Waals surface area contributed by atoms with Crippen molar-refractivity contribution in [1.29, 1.82) is 0 Å². The van der Waals surface area contributed by atoms with Crippen LogP contribution in [0.25, 0.3) is 0 Å². The summed E-state index contributed by atoms with van der Waals surface area (Å²) in [5.41, 5.74) is 0.516. The fraction of sp³-hybridized carbons (Fsp3) is 0.154. The Kier molecular flexibility index (Phi) is 3.79. The largest absolute Gasteiger partial charge is 0.478 e. The van der Waals surface area contributed by atoms with Gasteiger partial charge in [0, 0.05) is 13.6 Å². The highest BCUT2D eigenvalue weighted by Gasteiger charge is 2.21. The van der Waals surface area contributed by atoms with Crippen molar-refractivity contribution in [1.82, 2.24) is 15.1 Å². The minimum atomic E-state index is -1.22. The number of carbonyl (C=O) groups is 2. The second-order valence-electron chi connectivity index (χ2n) is 4.14. The molecule has 0 saturated heterocycles. The lowest BCUT2D eigenvalue weighted by atomic mass is 10.2. The van der Waals surface area contributed by atoms with Crippen molar-refractivity contribution in [2.24, 2.45) is 7.05 Å². The van der Waals surface area contributed by atoms with Gasteiger partial charge >= 0.3 is 5.97 Å². The number of amides is 1. The predicted molar refractivity (Wildman–Crippen MR) is 67.7 cm³/mol. The van der Waals surface area contributed by atoms with Gasteiger partial charge in [-0.05, 0) is 17.7 Å². The molecule has 0 unspecified atom stereocenters. The van der Waals surface area contributed by atoms with Crippen molar-refractivity contribution < 1.29 is 19.1 Å². The number of aromatic carboxylic acids is 1. The van der Waals surface area contributed by atoms with Crippen LogP contribution >= 0.6 is 0 Å². The lowest BCUT2D eigenvalue weighted by Gasteiger charge is -2.06. The van der Waals surface area contributed by atoms with Crippen LogP contribution in [0.3, 0.4) is 0 Å². The molecule has 0 aliphatic rings. The number of nitrogens with zero attached hydrogens (tertiary/aromatic N) is 2. The van der Waals surface area contributed by atoms with Crippen LogP contribution in [0.2, 0.25) is 0 Å². The van der Waals surface area contributed by atoms with Gasteiger partial charge in [-0.2, -0.15) is 5.10 Å². The Morgan fingerprint density at radius 2 is 2.00 bits per heavy atom. The van der Waals surface area contributed by atoms with E-state index in [1.807, 2.05) is 0 Å². The van der Waals surface area contributed by atoms with E-state index in [2.05, 4.69) is 10.4 Å². The van der Waals surface area contributed by atoms with Crippen LogP contribution in [0.5, 0.6) is 0 Å². The number of aryl methyl sites for hydroxylation is 1. The maximum absolute atomic E-state index is 12.7. The van der Waals surface area contributed by atoms with Crippen molar-refractivity contribution in [2.75, 3.05) is 0 Å². The Hall–Kier alpha value is -2.70. The standard InChI is InChI=1S/C13H12FN3O3/c1-17-11(10(7-16-17)13(19)20)12(18)15-6-8-2-4-9(14)5-3-8/h2-5,7H,6H2,1H3,(H,15,18)(H,19,20). The number of halogens is 1. The van der Waals surface area contributed by atoms with Crippen LogP contribution in [0.4, 0.5) is 4.39 Å². The molecule has 0 aliphatic heterocycles. The fourth-order valence-corrected chi connectivity index (χ4v) is 1.73. The van der Waals surface area contributed by atoms with E-state index in [9.17, 15) is 14.0 Å². The Morgan fingerprint density at radius 1 is 1.35 bits per heavy atom. The molecular formula is C13H12FN3O3. The Labute approximate surface area is 113 Å². The van der Waals surface area contributed by atoms with E-state index in [0.29, 0.717) is 5.56 Å². The number of carboxylic acids is 1. The van der Waals surface area contributed by atoms with Gasteiger partial charge in [0.05, 0.1) is 6.20 Å². The minimum Gasteiger partial charge on any atom is -0.478 e. The van der Waals surface area contributed by atoms with Crippen molar-refractivity contribution in [3.63, 3.8) is 0 Å². The van der Waals surface area contributed by atoms with Gasteiger partial charge in [-0.15, -0.1) is 0 Å². The number of carbonyl (C=O) groups excluding carboxylic acids is 1. The highest BCUT2D eigenvalue weighted by atomic mass is 19.1. The molecule has 0 spiro atoms. The first-order valence-corrected chi connectivity index (χ1v) is 5.77. The molecular weight excluding hydrogens is 265 g/mol. The molecule has 0 bridgehead atoms. The lowest BCUT2D eigenvalue weighted by molar-refractivity contribution is 0.0690. The van der Waals surface area contributed by atoms with E-state index in [4.69, 9.17) is 5.11 Å². The van der Waals surface area contributed by atoms with Gasteiger partial charge in [-0.25, -0.2) is 9.18 Å². The Bertz CT molecular complexity index is 649. The van der Waals surface area contributed by atoms with Gasteiger partial charge in [0.2, 0.25) is 0 Å². The van der Waals surface area contributed by atoms with Crippen LogP contribution in [-0.4, -0.2) is 26.8 Å². The summed E-state index contributed by atoms with van der Waals surface area (Å²) in [7, 11) is 1.49. The van der Waals surface area contributed by atoms with E-state index >= 15 is 0 Å². The van der Waals surface area contributed by atoms with Crippen LogP contribution in [0.15, 0.2) is 30.5 Å². The molecule has 2 N–H and O–H groups in total. The summed E-state index contributed by atoms with van der Waals surface area (Å²) in [5.74, 6) is -2.13. The Balaban J connectivity index is 2.11. The molecule has 0 atom stereocenters. The normalized spacial score (nSPS) is 10.3. The molecule has 1 heterocycles. The molecule has 1 aromatic heterocycles. The first-order valence-electron chi connectivity index (χ1n) is 5.77. The third-order valence-electron chi connectivity index (χ3n) is 2.75. The average molecular weight is 277 g/mol. The van der Waals surface area contributed by atoms with Crippen LogP contribution in [0, 0.1) is 5.82 Å². The summed E-state index contributed by atoms with van der Waals surface area (Å²) in [6, 6.07) is 5.65. The summed E-state index contributed by atoms with van der Waals surface area (Å²) in [6.45, 7) is 0.170. The quantitative estimate of drug-likeness (QED) is 0.879. The summed E-state index contributed by atoms with van der Waals surface area (Å²) in [4.78, 5) is 23.0. The molecule has 0 fully saturated rings. The third-order valence-corrected chi connectivity index (χ3v) is 2.75. The number of carboxylic acid groups (broad SMARTS) is 1. The van der Waals surface area contributed by atoms with Crippen LogP contribution < -0.4 is 5.32 Å². The van der Waals surface area contributed by atoms with Gasteiger partial charge in [0.15, 0.2) is 0 Å². The monoisotopic (exact) mass is 277 g/mol. The van der Waals surface area contributed by atoms with Gasteiger partial charge < -0.3 is 10.4 Å². The van der Waals surface area contributed by atoms with Gasteiger partial charge in [-0.3, -0.25) is 9.48 Å².